The van der Waals surface area contributed by atoms with Crippen molar-refractivity contribution in [2.24, 2.45) is 0 Å². The van der Waals surface area contributed by atoms with Crippen molar-refractivity contribution < 1.29 is 23.0 Å². The zero-order valence-electron chi connectivity index (χ0n) is 8.05. The average molecular weight is 206 g/mol. The first-order valence-corrected chi connectivity index (χ1v) is 4.21. The van der Waals surface area contributed by atoms with Crippen LogP contribution in [0.1, 0.15) is 13.8 Å². The zero-order valence-corrected chi connectivity index (χ0v) is 8.05. The Kier molecular flexibility index (Phi) is 3.01. The molecular formula is C9H12F2O3. The van der Waals surface area contributed by atoms with Crippen LogP contribution in [0.15, 0.2) is 12.2 Å². The highest BCUT2D eigenvalue weighted by molar-refractivity contribution is 5.97. The Morgan fingerprint density at radius 1 is 1.71 bits per heavy atom. The fourth-order valence-corrected chi connectivity index (χ4v) is 1.05. The highest BCUT2D eigenvalue weighted by Gasteiger charge is 2.52. The zero-order chi connectivity index (χ0) is 10.9. The van der Waals surface area contributed by atoms with Crippen LogP contribution in [0.5, 0.6) is 0 Å². The molecule has 2 unspecified atom stereocenters. The maximum atomic E-state index is 12.5. The summed E-state index contributed by atoms with van der Waals surface area (Å²) in [6, 6.07) is 0. The smallest absolute Gasteiger partial charge is 0.356 e. The average Bonchev–Trinajstić information content (AvgIpc) is 2.10. The lowest BCUT2D eigenvalue weighted by molar-refractivity contribution is -0.386. The summed E-state index contributed by atoms with van der Waals surface area (Å²) in [4.78, 5) is 11.2. The molecule has 0 spiro atoms. The summed E-state index contributed by atoms with van der Waals surface area (Å²) in [7, 11) is 0. The number of rotatable bonds is 4. The molecule has 0 aromatic carbocycles. The summed E-state index contributed by atoms with van der Waals surface area (Å²) in [5.41, 5.74) is 0.293. The molecule has 5 heteroatoms. The van der Waals surface area contributed by atoms with E-state index in [0.29, 0.717) is 5.57 Å². The first-order valence-electron chi connectivity index (χ1n) is 4.21. The van der Waals surface area contributed by atoms with E-state index in [9.17, 15) is 13.6 Å². The van der Waals surface area contributed by atoms with Crippen LogP contribution < -0.4 is 0 Å². The largest absolute Gasteiger partial charge is 0.384 e. The van der Waals surface area contributed by atoms with Gasteiger partial charge in [-0.05, 0) is 19.4 Å². The van der Waals surface area contributed by atoms with Crippen LogP contribution in [0, 0.1) is 0 Å². The molecule has 80 valence electrons. The van der Waals surface area contributed by atoms with Gasteiger partial charge in [0.2, 0.25) is 0 Å². The molecule has 1 rings (SSSR count). The summed E-state index contributed by atoms with van der Waals surface area (Å²) in [5.74, 6) is -0.368. The van der Waals surface area contributed by atoms with E-state index in [4.69, 9.17) is 4.74 Å². The number of alkyl halides is 2. The van der Waals surface area contributed by atoms with Gasteiger partial charge in [-0.25, -0.2) is 0 Å². The number of carbonyl (C=O) groups excluding carboxylic acids is 1. The molecule has 0 saturated carbocycles. The van der Waals surface area contributed by atoms with Gasteiger partial charge in [-0.3, -0.25) is 4.79 Å². The van der Waals surface area contributed by atoms with Crippen molar-refractivity contribution in [3.8, 4) is 0 Å². The number of Topliss-reactive ketones (excluding diaryl/α,β-unsaturated/α-hetero) is 1. The van der Waals surface area contributed by atoms with Gasteiger partial charge in [0.25, 0.3) is 0 Å². The summed E-state index contributed by atoms with van der Waals surface area (Å²) in [6.45, 7) is 6.17. The van der Waals surface area contributed by atoms with Gasteiger partial charge in [-0.2, -0.15) is 8.78 Å². The van der Waals surface area contributed by atoms with Crippen molar-refractivity contribution in [1.82, 2.24) is 0 Å². The minimum absolute atomic E-state index is 0.180. The van der Waals surface area contributed by atoms with Gasteiger partial charge in [-0.1, -0.05) is 6.58 Å². The molecule has 0 aromatic heterocycles. The predicted molar refractivity (Wildman–Crippen MR) is 45.1 cm³/mol. The molecule has 1 fully saturated rings. The second-order valence-electron chi connectivity index (χ2n) is 3.28. The second-order valence-corrected chi connectivity index (χ2v) is 3.28. The Morgan fingerprint density at radius 2 is 2.29 bits per heavy atom. The van der Waals surface area contributed by atoms with Crippen molar-refractivity contribution in [3.05, 3.63) is 12.2 Å². The quantitative estimate of drug-likeness (QED) is 0.654. The second kappa shape index (κ2) is 3.74. The number of carbonyl (C=O) groups is 1. The van der Waals surface area contributed by atoms with E-state index in [1.54, 1.807) is 0 Å². The van der Waals surface area contributed by atoms with Crippen molar-refractivity contribution in [2.45, 2.75) is 32.2 Å². The topological polar surface area (TPSA) is 35.5 Å². The minimum Gasteiger partial charge on any atom is -0.356 e. The van der Waals surface area contributed by atoms with E-state index in [0.717, 1.165) is 0 Å². The van der Waals surface area contributed by atoms with Crippen LogP contribution >= 0.6 is 0 Å². The molecule has 1 aliphatic rings. The summed E-state index contributed by atoms with van der Waals surface area (Å²) in [5, 5.41) is 0. The molecule has 1 saturated heterocycles. The third-order valence-electron chi connectivity index (χ3n) is 1.96. The first kappa shape index (κ1) is 11.3. The molecule has 3 nitrogen and oxygen atoms in total. The Morgan fingerprint density at radius 3 is 2.57 bits per heavy atom. The van der Waals surface area contributed by atoms with E-state index in [2.05, 4.69) is 11.3 Å². The van der Waals surface area contributed by atoms with Crippen molar-refractivity contribution in [3.63, 3.8) is 0 Å². The molecule has 0 radical (unpaired) electrons. The van der Waals surface area contributed by atoms with Crippen molar-refractivity contribution in [1.29, 1.82) is 0 Å². The molecule has 1 heterocycles. The summed E-state index contributed by atoms with van der Waals surface area (Å²) < 4.78 is 33.9. The Hall–Kier alpha value is -0.810. The van der Waals surface area contributed by atoms with Gasteiger partial charge in [0.1, 0.15) is 6.10 Å². The fourth-order valence-electron chi connectivity index (χ4n) is 1.05. The van der Waals surface area contributed by atoms with E-state index in [-0.39, 0.29) is 12.4 Å². The Balaban J connectivity index is 2.45. The van der Waals surface area contributed by atoms with E-state index < -0.39 is 18.3 Å². The molecular weight excluding hydrogens is 194 g/mol. The van der Waals surface area contributed by atoms with Gasteiger partial charge in [0.15, 0.2) is 11.9 Å². The standard InChI is InChI=1S/C9H12F2O3/c1-5(2)8(12)6(3)14-7-4-13-9(7,10)11/h6-7H,1,4H2,2-3H3. The molecule has 0 aromatic rings. The maximum absolute atomic E-state index is 12.5. The number of ether oxygens (including phenoxy) is 2. The highest BCUT2D eigenvalue weighted by atomic mass is 19.3. The number of ketones is 1. The molecule has 14 heavy (non-hydrogen) atoms. The summed E-state index contributed by atoms with van der Waals surface area (Å²) >= 11 is 0. The number of hydrogen-bond donors (Lipinski definition) is 0. The maximum Gasteiger partial charge on any atom is 0.384 e. The van der Waals surface area contributed by atoms with Gasteiger partial charge >= 0.3 is 6.11 Å². The monoisotopic (exact) mass is 206 g/mol. The molecule has 0 amide bonds. The Labute approximate surface area is 80.7 Å². The summed E-state index contributed by atoms with van der Waals surface area (Å²) in [6.07, 6.45) is -5.48. The fraction of sp³-hybridized carbons (Fsp3) is 0.667. The van der Waals surface area contributed by atoms with Crippen LogP contribution in [0.4, 0.5) is 8.78 Å². The molecule has 0 aliphatic carbocycles. The lowest BCUT2D eigenvalue weighted by Crippen LogP contribution is -2.54. The van der Waals surface area contributed by atoms with Crippen LogP contribution in [0.25, 0.3) is 0 Å². The number of halogens is 2. The van der Waals surface area contributed by atoms with E-state index >= 15 is 0 Å². The third-order valence-corrected chi connectivity index (χ3v) is 1.96. The molecule has 2 atom stereocenters. The number of hydrogen-bond acceptors (Lipinski definition) is 3. The lowest BCUT2D eigenvalue weighted by atomic mass is 10.1. The predicted octanol–water partition coefficient (Wildman–Crippen LogP) is 1.53. The molecule has 0 bridgehead atoms. The Bertz CT molecular complexity index is 263. The van der Waals surface area contributed by atoms with Crippen LogP contribution in [-0.2, 0) is 14.3 Å². The van der Waals surface area contributed by atoms with Crippen LogP contribution in [-0.4, -0.2) is 30.7 Å². The highest BCUT2D eigenvalue weighted by Crippen LogP contribution is 2.33. The van der Waals surface area contributed by atoms with Crippen LogP contribution in [0.2, 0.25) is 0 Å². The van der Waals surface area contributed by atoms with Gasteiger partial charge in [0, 0.05) is 0 Å². The normalized spacial score (nSPS) is 26.4. The minimum atomic E-state index is -3.26. The van der Waals surface area contributed by atoms with Crippen LogP contribution in [0.3, 0.4) is 0 Å². The van der Waals surface area contributed by atoms with Gasteiger partial charge in [0.05, 0.1) is 6.61 Å². The van der Waals surface area contributed by atoms with E-state index in [1.807, 2.05) is 0 Å². The van der Waals surface area contributed by atoms with E-state index in [1.165, 1.54) is 13.8 Å². The molecule has 1 aliphatic heterocycles. The van der Waals surface area contributed by atoms with Gasteiger partial charge < -0.3 is 9.47 Å². The lowest BCUT2D eigenvalue weighted by Gasteiger charge is -2.36. The first-order chi connectivity index (χ1) is 6.34. The third kappa shape index (κ3) is 2.16. The van der Waals surface area contributed by atoms with Crippen molar-refractivity contribution >= 4 is 5.78 Å². The SMILES string of the molecule is C=C(C)C(=O)C(C)OC1COC1(F)F. The van der Waals surface area contributed by atoms with Gasteiger partial charge in [-0.15, -0.1) is 0 Å². The van der Waals surface area contributed by atoms with Crippen molar-refractivity contribution in [2.75, 3.05) is 6.61 Å². The molecule has 0 N–H and O–H groups in total.